The van der Waals surface area contributed by atoms with Gasteiger partial charge in [-0.1, -0.05) is 30.3 Å². The first-order valence-corrected chi connectivity index (χ1v) is 7.42. The quantitative estimate of drug-likeness (QED) is 0.814. The van der Waals surface area contributed by atoms with Crippen molar-refractivity contribution in [2.24, 2.45) is 0 Å². The van der Waals surface area contributed by atoms with Gasteiger partial charge in [0.05, 0.1) is 6.54 Å². The molecular formula is C16H20N2O4. The second-order valence-electron chi connectivity index (χ2n) is 5.40. The van der Waals surface area contributed by atoms with E-state index in [-0.39, 0.29) is 30.7 Å². The fourth-order valence-electron chi connectivity index (χ4n) is 2.66. The van der Waals surface area contributed by atoms with Crippen molar-refractivity contribution in [1.29, 1.82) is 0 Å². The number of piperidine rings is 1. The van der Waals surface area contributed by atoms with Crippen molar-refractivity contribution in [3.63, 3.8) is 0 Å². The number of nitrogens with one attached hydrogen (secondary N) is 1. The van der Waals surface area contributed by atoms with Crippen LogP contribution in [0.15, 0.2) is 30.3 Å². The van der Waals surface area contributed by atoms with Crippen molar-refractivity contribution < 1.29 is 19.5 Å². The molecule has 2 amide bonds. The molecule has 0 aliphatic carbocycles. The van der Waals surface area contributed by atoms with Gasteiger partial charge in [0, 0.05) is 24.6 Å². The van der Waals surface area contributed by atoms with Gasteiger partial charge < -0.3 is 15.3 Å². The highest BCUT2D eigenvalue weighted by Gasteiger charge is 2.28. The second-order valence-corrected chi connectivity index (χ2v) is 5.40. The van der Waals surface area contributed by atoms with Crippen molar-refractivity contribution in [1.82, 2.24) is 10.2 Å². The number of hydrogen-bond donors (Lipinski definition) is 2. The number of Topliss-reactive ketones (excluding diaryl/α,β-unsaturated/α-hetero) is 1. The van der Waals surface area contributed by atoms with Crippen LogP contribution in [0.25, 0.3) is 0 Å². The Morgan fingerprint density at radius 1 is 1.18 bits per heavy atom. The van der Waals surface area contributed by atoms with E-state index in [1.54, 1.807) is 24.3 Å². The minimum Gasteiger partial charge on any atom is -0.465 e. The van der Waals surface area contributed by atoms with Crippen molar-refractivity contribution in [2.45, 2.75) is 31.7 Å². The summed E-state index contributed by atoms with van der Waals surface area (Å²) in [5.74, 6) is -0.449. The highest BCUT2D eigenvalue weighted by Crippen LogP contribution is 2.19. The molecule has 1 aliphatic heterocycles. The third kappa shape index (κ3) is 4.31. The van der Waals surface area contributed by atoms with E-state index in [2.05, 4.69) is 5.32 Å². The van der Waals surface area contributed by atoms with Crippen molar-refractivity contribution in [3.8, 4) is 0 Å². The maximum Gasteiger partial charge on any atom is 0.407 e. The van der Waals surface area contributed by atoms with Gasteiger partial charge in [0.1, 0.15) is 0 Å². The average molecular weight is 304 g/mol. The molecule has 0 aromatic heterocycles. The molecule has 1 aromatic rings. The first kappa shape index (κ1) is 16.0. The van der Waals surface area contributed by atoms with E-state index >= 15 is 0 Å². The zero-order chi connectivity index (χ0) is 15.9. The van der Waals surface area contributed by atoms with Gasteiger partial charge in [-0.05, 0) is 19.3 Å². The summed E-state index contributed by atoms with van der Waals surface area (Å²) in [5.41, 5.74) is 0.549. The molecule has 1 atom stereocenters. The molecule has 2 rings (SSSR count). The Hall–Kier alpha value is -2.37. The number of carbonyl (C=O) groups excluding carboxylic acids is 2. The molecule has 0 unspecified atom stereocenters. The number of ketones is 1. The molecule has 1 saturated heterocycles. The topological polar surface area (TPSA) is 86.7 Å². The number of carbonyl (C=O) groups is 3. The van der Waals surface area contributed by atoms with Gasteiger partial charge >= 0.3 is 6.09 Å². The van der Waals surface area contributed by atoms with Crippen LogP contribution in [-0.2, 0) is 4.79 Å². The smallest absolute Gasteiger partial charge is 0.407 e. The van der Waals surface area contributed by atoms with Gasteiger partial charge in [-0.15, -0.1) is 0 Å². The number of likely N-dealkylation sites (tertiary alicyclic amines) is 1. The molecule has 118 valence electrons. The van der Waals surface area contributed by atoms with Crippen molar-refractivity contribution >= 4 is 17.8 Å². The van der Waals surface area contributed by atoms with E-state index in [1.807, 2.05) is 6.07 Å². The van der Waals surface area contributed by atoms with Gasteiger partial charge in [-0.3, -0.25) is 9.59 Å². The summed E-state index contributed by atoms with van der Waals surface area (Å²) >= 11 is 0. The largest absolute Gasteiger partial charge is 0.465 e. The van der Waals surface area contributed by atoms with Crippen LogP contribution in [0.3, 0.4) is 0 Å². The highest BCUT2D eigenvalue weighted by molar-refractivity contribution is 5.99. The zero-order valence-corrected chi connectivity index (χ0v) is 12.3. The van der Waals surface area contributed by atoms with Gasteiger partial charge in [0.15, 0.2) is 5.78 Å². The van der Waals surface area contributed by atoms with Crippen LogP contribution in [-0.4, -0.2) is 46.9 Å². The maximum absolute atomic E-state index is 11.9. The normalized spacial score (nSPS) is 17.8. The summed E-state index contributed by atoms with van der Waals surface area (Å²) < 4.78 is 0. The molecule has 0 spiro atoms. The number of rotatable bonds is 5. The number of benzene rings is 1. The Morgan fingerprint density at radius 2 is 1.91 bits per heavy atom. The van der Waals surface area contributed by atoms with Gasteiger partial charge in [0.2, 0.25) is 5.91 Å². The lowest BCUT2D eigenvalue weighted by Crippen LogP contribution is -2.45. The first-order chi connectivity index (χ1) is 10.6. The minimum absolute atomic E-state index is 0.0668. The number of hydrogen-bond acceptors (Lipinski definition) is 3. The summed E-state index contributed by atoms with van der Waals surface area (Å²) in [7, 11) is 0. The number of amides is 2. The van der Waals surface area contributed by atoms with E-state index in [1.165, 1.54) is 4.90 Å². The minimum atomic E-state index is -0.988. The molecule has 0 bridgehead atoms. The average Bonchev–Trinajstić information content (AvgIpc) is 2.53. The lowest BCUT2D eigenvalue weighted by molar-refractivity contribution is -0.122. The summed E-state index contributed by atoms with van der Waals surface area (Å²) in [5, 5.41) is 11.7. The van der Waals surface area contributed by atoms with Gasteiger partial charge in [-0.25, -0.2) is 4.79 Å². The van der Waals surface area contributed by atoms with Crippen LogP contribution in [0.5, 0.6) is 0 Å². The Kier molecular flexibility index (Phi) is 5.52. The molecule has 1 aromatic carbocycles. The number of carboxylic acid groups (broad SMARTS) is 1. The standard InChI is InChI=1S/C16H20N2O4/c19-14(12-6-2-1-3-7-12)11-17-15(20)10-13-8-4-5-9-18(13)16(21)22/h1-3,6-7,13H,4-5,8-11H2,(H,17,20)(H,21,22)/t13-/m0/s1. The van der Waals surface area contributed by atoms with Crippen LogP contribution in [0, 0.1) is 0 Å². The molecule has 6 nitrogen and oxygen atoms in total. The fraction of sp³-hybridized carbons (Fsp3) is 0.438. The van der Waals surface area contributed by atoms with E-state index in [0.29, 0.717) is 18.5 Å². The molecular weight excluding hydrogens is 284 g/mol. The molecule has 2 N–H and O–H groups in total. The summed E-state index contributed by atoms with van der Waals surface area (Å²) in [6.07, 6.45) is 1.56. The Labute approximate surface area is 129 Å². The number of nitrogens with zero attached hydrogens (tertiary/aromatic N) is 1. The van der Waals surface area contributed by atoms with Crippen LogP contribution >= 0.6 is 0 Å². The summed E-state index contributed by atoms with van der Waals surface area (Å²) in [6.45, 7) is 0.402. The zero-order valence-electron chi connectivity index (χ0n) is 12.3. The fourth-order valence-corrected chi connectivity index (χ4v) is 2.66. The van der Waals surface area contributed by atoms with E-state index in [9.17, 15) is 14.4 Å². The monoisotopic (exact) mass is 304 g/mol. The predicted octanol–water partition coefficient (Wildman–Crippen LogP) is 1.91. The van der Waals surface area contributed by atoms with Crippen LogP contribution < -0.4 is 5.32 Å². The molecule has 0 radical (unpaired) electrons. The van der Waals surface area contributed by atoms with E-state index in [0.717, 1.165) is 12.8 Å². The molecule has 1 aliphatic rings. The Morgan fingerprint density at radius 3 is 2.59 bits per heavy atom. The molecule has 6 heteroatoms. The third-order valence-corrected chi connectivity index (χ3v) is 3.84. The molecule has 1 heterocycles. The predicted molar refractivity (Wildman–Crippen MR) is 80.8 cm³/mol. The Bertz CT molecular complexity index is 544. The van der Waals surface area contributed by atoms with Gasteiger partial charge in [0.25, 0.3) is 0 Å². The van der Waals surface area contributed by atoms with Crippen LogP contribution in [0.4, 0.5) is 4.79 Å². The highest BCUT2D eigenvalue weighted by atomic mass is 16.4. The SMILES string of the molecule is O=C(C[C@@H]1CCCCN1C(=O)O)NCC(=O)c1ccccc1. The lowest BCUT2D eigenvalue weighted by atomic mass is 9.99. The Balaban J connectivity index is 1.82. The maximum atomic E-state index is 11.9. The third-order valence-electron chi connectivity index (χ3n) is 3.84. The second kappa shape index (κ2) is 7.59. The lowest BCUT2D eigenvalue weighted by Gasteiger charge is -2.33. The van der Waals surface area contributed by atoms with Crippen molar-refractivity contribution in [3.05, 3.63) is 35.9 Å². The van der Waals surface area contributed by atoms with Crippen LogP contribution in [0.2, 0.25) is 0 Å². The van der Waals surface area contributed by atoms with Crippen LogP contribution in [0.1, 0.15) is 36.0 Å². The van der Waals surface area contributed by atoms with E-state index < -0.39 is 6.09 Å². The molecule has 1 fully saturated rings. The summed E-state index contributed by atoms with van der Waals surface area (Å²) in [4.78, 5) is 36.3. The summed E-state index contributed by atoms with van der Waals surface area (Å²) in [6, 6.07) is 8.45. The van der Waals surface area contributed by atoms with E-state index in [4.69, 9.17) is 5.11 Å². The van der Waals surface area contributed by atoms with Gasteiger partial charge in [-0.2, -0.15) is 0 Å². The molecule has 0 saturated carbocycles. The first-order valence-electron chi connectivity index (χ1n) is 7.42. The van der Waals surface area contributed by atoms with Crippen molar-refractivity contribution in [2.75, 3.05) is 13.1 Å². The molecule has 22 heavy (non-hydrogen) atoms.